The van der Waals surface area contributed by atoms with Gasteiger partial charge in [0.15, 0.2) is 0 Å². The Hall–Kier alpha value is -2.92. The van der Waals surface area contributed by atoms with Gasteiger partial charge in [-0.1, -0.05) is 41.9 Å². The van der Waals surface area contributed by atoms with E-state index in [9.17, 15) is 9.59 Å². The molecule has 0 atom stereocenters. The molecule has 0 spiro atoms. The highest BCUT2D eigenvalue weighted by Crippen LogP contribution is 2.14. The van der Waals surface area contributed by atoms with Crippen LogP contribution in [0.4, 0.5) is 0 Å². The molecule has 0 unspecified atom stereocenters. The molecular weight excluding hydrogens is 340 g/mol. The minimum absolute atomic E-state index is 0.0568. The topological polar surface area (TPSA) is 72.2 Å². The van der Waals surface area contributed by atoms with Crippen LogP contribution in [0.1, 0.15) is 17.8 Å². The molecule has 1 heterocycles. The number of nitrogens with zero attached hydrogens (tertiary/aromatic N) is 2. The van der Waals surface area contributed by atoms with Crippen LogP contribution in [0.3, 0.4) is 0 Å². The summed E-state index contributed by atoms with van der Waals surface area (Å²) in [6.07, 6.45) is 3.33. The van der Waals surface area contributed by atoms with Crippen molar-refractivity contribution < 1.29 is 9.90 Å². The minimum Gasteiger partial charge on any atom is -0.481 e. The molecule has 0 fully saturated rings. The van der Waals surface area contributed by atoms with Gasteiger partial charge in [-0.25, -0.2) is 4.98 Å². The Balaban J connectivity index is 2.09. The Morgan fingerprint density at radius 2 is 1.96 bits per heavy atom. The SMILES string of the molecule is O=C(O)CCn1c(C=Cc2cccc(Cl)c2)nc2ccccc2c1=O. The van der Waals surface area contributed by atoms with Crippen molar-refractivity contribution >= 4 is 40.6 Å². The van der Waals surface area contributed by atoms with E-state index in [1.807, 2.05) is 12.1 Å². The Labute approximate surface area is 148 Å². The van der Waals surface area contributed by atoms with Gasteiger partial charge in [-0.15, -0.1) is 0 Å². The number of aliphatic carboxylic acids is 1. The second kappa shape index (κ2) is 7.32. The van der Waals surface area contributed by atoms with Crippen LogP contribution in [0, 0.1) is 0 Å². The van der Waals surface area contributed by atoms with E-state index in [-0.39, 0.29) is 18.5 Å². The van der Waals surface area contributed by atoms with Gasteiger partial charge in [0.05, 0.1) is 17.3 Å². The molecule has 3 rings (SSSR count). The highest BCUT2D eigenvalue weighted by Gasteiger charge is 2.10. The smallest absolute Gasteiger partial charge is 0.305 e. The van der Waals surface area contributed by atoms with E-state index in [1.165, 1.54) is 4.57 Å². The van der Waals surface area contributed by atoms with Crippen LogP contribution in [0.15, 0.2) is 53.3 Å². The van der Waals surface area contributed by atoms with Crippen molar-refractivity contribution in [1.29, 1.82) is 0 Å². The van der Waals surface area contributed by atoms with E-state index in [0.717, 1.165) is 5.56 Å². The van der Waals surface area contributed by atoms with Crippen molar-refractivity contribution in [2.24, 2.45) is 0 Å². The monoisotopic (exact) mass is 354 g/mol. The van der Waals surface area contributed by atoms with Crippen molar-refractivity contribution in [3.05, 3.63) is 75.3 Å². The lowest BCUT2D eigenvalue weighted by atomic mass is 10.2. The van der Waals surface area contributed by atoms with Crippen LogP contribution in [0.2, 0.25) is 5.02 Å². The number of hydrogen-bond acceptors (Lipinski definition) is 3. The van der Waals surface area contributed by atoms with E-state index < -0.39 is 5.97 Å². The zero-order valence-electron chi connectivity index (χ0n) is 13.2. The first kappa shape index (κ1) is 16.9. The van der Waals surface area contributed by atoms with Gasteiger partial charge in [-0.2, -0.15) is 0 Å². The summed E-state index contributed by atoms with van der Waals surface area (Å²) in [5, 5.41) is 10.0. The standard InChI is InChI=1S/C19H15ClN2O3/c20-14-5-3-4-13(12-14)8-9-17-21-16-7-2-1-6-15(16)19(25)22(17)11-10-18(23)24/h1-9,12H,10-11H2,(H,23,24). The number of aromatic nitrogens is 2. The van der Waals surface area contributed by atoms with Crippen LogP contribution in [0.25, 0.3) is 23.1 Å². The first-order chi connectivity index (χ1) is 12.0. The van der Waals surface area contributed by atoms with Crippen LogP contribution in [0.5, 0.6) is 0 Å². The fourth-order valence-electron chi connectivity index (χ4n) is 2.52. The van der Waals surface area contributed by atoms with Gasteiger partial charge in [0.1, 0.15) is 5.82 Å². The highest BCUT2D eigenvalue weighted by molar-refractivity contribution is 6.30. The van der Waals surface area contributed by atoms with E-state index >= 15 is 0 Å². The fourth-order valence-corrected chi connectivity index (χ4v) is 2.72. The number of carbonyl (C=O) groups is 1. The first-order valence-electron chi connectivity index (χ1n) is 7.69. The molecule has 3 aromatic rings. The van der Waals surface area contributed by atoms with Crippen LogP contribution >= 0.6 is 11.6 Å². The van der Waals surface area contributed by atoms with Gasteiger partial charge in [0.2, 0.25) is 0 Å². The van der Waals surface area contributed by atoms with Gasteiger partial charge in [-0.3, -0.25) is 14.2 Å². The van der Waals surface area contributed by atoms with Gasteiger partial charge in [0, 0.05) is 11.6 Å². The van der Waals surface area contributed by atoms with E-state index in [0.29, 0.717) is 21.7 Å². The number of carboxylic acids is 1. The Kier molecular flexibility index (Phi) is 4.95. The fraction of sp³-hybridized carbons (Fsp3) is 0.105. The first-order valence-corrected chi connectivity index (χ1v) is 8.07. The molecule has 1 N–H and O–H groups in total. The second-order valence-corrected chi connectivity index (χ2v) is 5.91. The number of rotatable bonds is 5. The van der Waals surface area contributed by atoms with Crippen LogP contribution in [-0.4, -0.2) is 20.6 Å². The molecule has 0 amide bonds. The number of benzene rings is 2. The van der Waals surface area contributed by atoms with Gasteiger partial charge in [0.25, 0.3) is 5.56 Å². The predicted molar refractivity (Wildman–Crippen MR) is 98.6 cm³/mol. The van der Waals surface area contributed by atoms with Gasteiger partial charge >= 0.3 is 5.97 Å². The average molecular weight is 355 g/mol. The Morgan fingerprint density at radius 1 is 1.16 bits per heavy atom. The molecule has 0 saturated carbocycles. The van der Waals surface area contributed by atoms with Crippen molar-refractivity contribution in [2.45, 2.75) is 13.0 Å². The van der Waals surface area contributed by atoms with Crippen LogP contribution < -0.4 is 5.56 Å². The quantitative estimate of drug-likeness (QED) is 0.758. The average Bonchev–Trinajstić information content (AvgIpc) is 2.59. The summed E-state index contributed by atoms with van der Waals surface area (Å²) >= 11 is 5.98. The van der Waals surface area contributed by atoms with Gasteiger partial charge in [-0.05, 0) is 35.9 Å². The van der Waals surface area contributed by atoms with Crippen molar-refractivity contribution in [3.63, 3.8) is 0 Å². The third kappa shape index (κ3) is 3.95. The number of halogens is 1. The summed E-state index contributed by atoms with van der Waals surface area (Å²) in [5.74, 6) is -0.560. The molecular formula is C19H15ClN2O3. The summed E-state index contributed by atoms with van der Waals surface area (Å²) in [5.41, 5.74) is 1.18. The predicted octanol–water partition coefficient (Wildman–Crippen LogP) is 3.70. The molecule has 0 aliphatic heterocycles. The maximum Gasteiger partial charge on any atom is 0.305 e. The van der Waals surface area contributed by atoms with Crippen molar-refractivity contribution in [1.82, 2.24) is 9.55 Å². The summed E-state index contributed by atoms with van der Waals surface area (Å²) in [4.78, 5) is 28.1. The zero-order chi connectivity index (χ0) is 17.8. The highest BCUT2D eigenvalue weighted by atomic mass is 35.5. The minimum atomic E-state index is -0.968. The number of carboxylic acid groups (broad SMARTS) is 1. The lowest BCUT2D eigenvalue weighted by molar-refractivity contribution is -0.137. The van der Waals surface area contributed by atoms with Crippen molar-refractivity contribution in [2.75, 3.05) is 0 Å². The second-order valence-electron chi connectivity index (χ2n) is 5.48. The van der Waals surface area contributed by atoms with E-state index in [2.05, 4.69) is 4.98 Å². The molecule has 126 valence electrons. The molecule has 25 heavy (non-hydrogen) atoms. The van der Waals surface area contributed by atoms with E-state index in [1.54, 1.807) is 48.6 Å². The third-order valence-electron chi connectivity index (χ3n) is 3.71. The Morgan fingerprint density at radius 3 is 2.72 bits per heavy atom. The van der Waals surface area contributed by atoms with E-state index in [4.69, 9.17) is 16.7 Å². The molecule has 0 saturated heterocycles. The molecule has 5 nitrogen and oxygen atoms in total. The number of para-hydroxylation sites is 1. The van der Waals surface area contributed by atoms with Crippen LogP contribution in [-0.2, 0) is 11.3 Å². The normalized spacial score (nSPS) is 11.2. The number of fused-ring (bicyclic) bond motifs is 1. The maximum atomic E-state index is 12.7. The molecule has 1 aromatic heterocycles. The van der Waals surface area contributed by atoms with Gasteiger partial charge < -0.3 is 5.11 Å². The summed E-state index contributed by atoms with van der Waals surface area (Å²) in [6, 6.07) is 14.3. The molecule has 0 radical (unpaired) electrons. The third-order valence-corrected chi connectivity index (χ3v) is 3.95. The molecule has 0 aliphatic carbocycles. The van der Waals surface area contributed by atoms with Crippen molar-refractivity contribution in [3.8, 4) is 0 Å². The molecule has 6 heteroatoms. The zero-order valence-corrected chi connectivity index (χ0v) is 14.0. The molecule has 2 aromatic carbocycles. The lowest BCUT2D eigenvalue weighted by Gasteiger charge is -2.10. The lowest BCUT2D eigenvalue weighted by Crippen LogP contribution is -2.25. The summed E-state index contributed by atoms with van der Waals surface area (Å²) in [7, 11) is 0. The largest absolute Gasteiger partial charge is 0.481 e. The number of hydrogen-bond donors (Lipinski definition) is 1. The summed E-state index contributed by atoms with van der Waals surface area (Å²) in [6.45, 7) is 0.0568. The molecule has 0 aliphatic rings. The summed E-state index contributed by atoms with van der Waals surface area (Å²) < 4.78 is 1.39. The Bertz CT molecular complexity index is 1020. The maximum absolute atomic E-state index is 12.7. The molecule has 0 bridgehead atoms.